The van der Waals surface area contributed by atoms with E-state index in [-0.39, 0.29) is 10.8 Å². The smallest absolute Gasteiger partial charge is 0.0552 e. The van der Waals surface area contributed by atoms with Crippen molar-refractivity contribution in [2.24, 2.45) is 5.92 Å². The van der Waals surface area contributed by atoms with Crippen LogP contribution in [-0.4, -0.2) is 19.6 Å². The Labute approximate surface area is 139 Å². The molecular weight excluding hydrogens is 284 g/mol. The highest BCUT2D eigenvalue weighted by molar-refractivity contribution is 5.19. The van der Waals surface area contributed by atoms with Crippen LogP contribution >= 0.6 is 0 Å². The second kappa shape index (κ2) is 5.50. The Morgan fingerprint density at radius 1 is 1.04 bits per heavy atom. The van der Waals surface area contributed by atoms with Crippen molar-refractivity contribution in [1.82, 2.24) is 19.6 Å². The van der Waals surface area contributed by atoms with E-state index >= 15 is 0 Å². The van der Waals surface area contributed by atoms with Crippen molar-refractivity contribution in [2.45, 2.75) is 77.8 Å². The van der Waals surface area contributed by atoms with Crippen LogP contribution in [0, 0.1) is 5.92 Å². The largest absolute Gasteiger partial charge is 0.273 e. The van der Waals surface area contributed by atoms with Gasteiger partial charge in [-0.2, -0.15) is 10.2 Å². The highest BCUT2D eigenvalue weighted by Crippen LogP contribution is 2.50. The highest BCUT2D eigenvalue weighted by Gasteiger charge is 2.43. The maximum absolute atomic E-state index is 4.62. The molecule has 0 N–H and O–H groups in total. The Morgan fingerprint density at radius 3 is 2.30 bits per heavy atom. The van der Waals surface area contributed by atoms with E-state index in [0.717, 1.165) is 12.5 Å². The van der Waals surface area contributed by atoms with E-state index in [2.05, 4.69) is 68.8 Å². The first-order valence-corrected chi connectivity index (χ1v) is 8.78. The molecule has 1 aliphatic carbocycles. The van der Waals surface area contributed by atoms with Gasteiger partial charge in [0.2, 0.25) is 0 Å². The summed E-state index contributed by atoms with van der Waals surface area (Å²) in [7, 11) is 0. The van der Waals surface area contributed by atoms with Crippen molar-refractivity contribution in [2.75, 3.05) is 0 Å². The zero-order valence-electron chi connectivity index (χ0n) is 15.4. The van der Waals surface area contributed by atoms with Crippen LogP contribution in [-0.2, 0) is 17.4 Å². The third-order valence-electron chi connectivity index (χ3n) is 5.20. The van der Waals surface area contributed by atoms with E-state index in [1.54, 1.807) is 0 Å². The van der Waals surface area contributed by atoms with Crippen LogP contribution in [0.15, 0.2) is 24.8 Å². The molecule has 4 heteroatoms. The molecule has 0 bridgehead atoms. The first kappa shape index (κ1) is 16.3. The predicted molar refractivity (Wildman–Crippen MR) is 93.6 cm³/mol. The number of aryl methyl sites for hydroxylation is 1. The summed E-state index contributed by atoms with van der Waals surface area (Å²) in [5.41, 5.74) is 3.02. The van der Waals surface area contributed by atoms with Gasteiger partial charge < -0.3 is 0 Å². The van der Waals surface area contributed by atoms with Gasteiger partial charge in [0.15, 0.2) is 0 Å². The fourth-order valence-electron chi connectivity index (χ4n) is 3.34. The maximum atomic E-state index is 4.62. The lowest BCUT2D eigenvalue weighted by Crippen LogP contribution is -2.18. The van der Waals surface area contributed by atoms with Crippen LogP contribution in [0.2, 0.25) is 0 Å². The van der Waals surface area contributed by atoms with Crippen LogP contribution in [0.1, 0.15) is 71.6 Å². The molecule has 3 rings (SSSR count). The van der Waals surface area contributed by atoms with Crippen LogP contribution < -0.4 is 0 Å². The van der Waals surface area contributed by atoms with Gasteiger partial charge in [-0.3, -0.25) is 9.36 Å². The van der Waals surface area contributed by atoms with Gasteiger partial charge in [-0.05, 0) is 47.6 Å². The fraction of sp³-hybridized carbons (Fsp3) is 0.684. The molecule has 1 saturated carbocycles. The van der Waals surface area contributed by atoms with Crippen molar-refractivity contribution in [3.63, 3.8) is 0 Å². The van der Waals surface area contributed by atoms with Gasteiger partial charge in [-0.1, -0.05) is 34.6 Å². The summed E-state index contributed by atoms with van der Waals surface area (Å²) >= 11 is 0. The summed E-state index contributed by atoms with van der Waals surface area (Å²) in [5, 5.41) is 9.05. The van der Waals surface area contributed by atoms with Crippen LogP contribution in [0.3, 0.4) is 0 Å². The van der Waals surface area contributed by atoms with Crippen LogP contribution in [0.5, 0.6) is 0 Å². The van der Waals surface area contributed by atoms with E-state index in [9.17, 15) is 0 Å². The maximum Gasteiger partial charge on any atom is 0.0552 e. The molecule has 2 aromatic rings. The minimum absolute atomic E-state index is 0.173. The van der Waals surface area contributed by atoms with Crippen molar-refractivity contribution in [1.29, 1.82) is 0 Å². The predicted octanol–water partition coefficient (Wildman–Crippen LogP) is 4.33. The standard InChI is InChI=1S/C19H30N4/c1-7-22-12-16(11-20-22)19(5,6)9-14-8-17(14)23-13-15(10-21-23)18(2,3)4/h10-14,17H,7-9H2,1-6H3. The Bertz CT molecular complexity index is 672. The molecule has 0 amide bonds. The third-order valence-corrected chi connectivity index (χ3v) is 5.20. The van der Waals surface area contributed by atoms with E-state index in [4.69, 9.17) is 0 Å². The van der Waals surface area contributed by atoms with Gasteiger partial charge in [0.1, 0.15) is 0 Å². The number of nitrogens with zero attached hydrogens (tertiary/aromatic N) is 4. The van der Waals surface area contributed by atoms with Crippen molar-refractivity contribution < 1.29 is 0 Å². The topological polar surface area (TPSA) is 35.6 Å². The minimum Gasteiger partial charge on any atom is -0.273 e. The summed E-state index contributed by atoms with van der Waals surface area (Å²) in [4.78, 5) is 0. The zero-order valence-corrected chi connectivity index (χ0v) is 15.4. The average molecular weight is 314 g/mol. The first-order chi connectivity index (χ1) is 10.7. The molecule has 4 nitrogen and oxygen atoms in total. The molecule has 126 valence electrons. The van der Waals surface area contributed by atoms with Gasteiger partial charge in [0.05, 0.1) is 18.4 Å². The monoisotopic (exact) mass is 314 g/mol. The Balaban J connectivity index is 1.65. The summed E-state index contributed by atoms with van der Waals surface area (Å²) in [6.07, 6.45) is 10.9. The molecule has 2 atom stereocenters. The molecule has 0 saturated heterocycles. The Hall–Kier alpha value is -1.58. The Kier molecular flexibility index (Phi) is 3.89. The van der Waals surface area contributed by atoms with E-state index in [1.165, 1.54) is 24.0 Å². The molecule has 2 aromatic heterocycles. The SMILES string of the molecule is CCn1cc(C(C)(C)CC2CC2n2cc(C(C)(C)C)cn2)cn1. The molecule has 2 unspecified atom stereocenters. The van der Waals surface area contributed by atoms with Gasteiger partial charge in [-0.15, -0.1) is 0 Å². The van der Waals surface area contributed by atoms with Crippen molar-refractivity contribution in [3.8, 4) is 0 Å². The number of aromatic nitrogens is 4. The van der Waals surface area contributed by atoms with E-state index in [1.807, 2.05) is 17.1 Å². The minimum atomic E-state index is 0.173. The zero-order chi connectivity index (χ0) is 16.8. The van der Waals surface area contributed by atoms with E-state index < -0.39 is 0 Å². The molecule has 0 aliphatic heterocycles. The lowest BCUT2D eigenvalue weighted by Gasteiger charge is -2.23. The van der Waals surface area contributed by atoms with Gasteiger partial charge >= 0.3 is 0 Å². The number of hydrogen-bond donors (Lipinski definition) is 0. The van der Waals surface area contributed by atoms with E-state index in [0.29, 0.717) is 6.04 Å². The quantitative estimate of drug-likeness (QED) is 0.823. The van der Waals surface area contributed by atoms with Crippen molar-refractivity contribution >= 4 is 0 Å². The molecule has 0 spiro atoms. The van der Waals surface area contributed by atoms with Gasteiger partial charge in [-0.25, -0.2) is 0 Å². The number of hydrogen-bond acceptors (Lipinski definition) is 2. The summed E-state index contributed by atoms with van der Waals surface area (Å²) in [5.74, 6) is 0.725. The molecule has 0 radical (unpaired) electrons. The number of rotatable bonds is 5. The lowest BCUT2D eigenvalue weighted by atomic mass is 9.81. The molecule has 23 heavy (non-hydrogen) atoms. The third kappa shape index (κ3) is 3.36. The van der Waals surface area contributed by atoms with Gasteiger partial charge in [0.25, 0.3) is 0 Å². The second-order valence-electron chi connectivity index (χ2n) is 8.69. The Morgan fingerprint density at radius 2 is 1.74 bits per heavy atom. The normalized spacial score (nSPS) is 21.7. The highest BCUT2D eigenvalue weighted by atomic mass is 15.3. The first-order valence-electron chi connectivity index (χ1n) is 8.78. The van der Waals surface area contributed by atoms with Crippen molar-refractivity contribution in [3.05, 3.63) is 35.9 Å². The average Bonchev–Trinajstić information content (AvgIpc) is 2.95. The molecule has 2 heterocycles. The summed E-state index contributed by atoms with van der Waals surface area (Å²) in [6.45, 7) is 14.5. The molecule has 1 aliphatic rings. The van der Waals surface area contributed by atoms with Crippen LogP contribution in [0.4, 0.5) is 0 Å². The molecule has 1 fully saturated rings. The second-order valence-corrected chi connectivity index (χ2v) is 8.69. The fourth-order valence-corrected chi connectivity index (χ4v) is 3.34. The molecular formula is C19H30N4. The summed E-state index contributed by atoms with van der Waals surface area (Å²) in [6, 6.07) is 0.576. The lowest BCUT2D eigenvalue weighted by molar-refractivity contribution is 0.422. The molecule has 0 aromatic carbocycles. The van der Waals surface area contributed by atoms with Crippen LogP contribution in [0.25, 0.3) is 0 Å². The van der Waals surface area contributed by atoms with Gasteiger partial charge in [0, 0.05) is 18.9 Å². The summed E-state index contributed by atoms with van der Waals surface area (Å²) < 4.78 is 4.21.